The maximum atomic E-state index is 6.30. The van der Waals surface area contributed by atoms with Crippen LogP contribution in [0, 0.1) is 0 Å². The molecule has 20 heavy (non-hydrogen) atoms. The van der Waals surface area contributed by atoms with Gasteiger partial charge in [0.1, 0.15) is 5.82 Å². The van der Waals surface area contributed by atoms with E-state index in [-0.39, 0.29) is 0 Å². The molecule has 1 atom stereocenters. The van der Waals surface area contributed by atoms with Crippen molar-refractivity contribution in [3.8, 4) is 0 Å². The van der Waals surface area contributed by atoms with Gasteiger partial charge in [0.2, 0.25) is 0 Å². The Morgan fingerprint density at radius 2 is 1.90 bits per heavy atom. The average molecular weight is 329 g/mol. The summed E-state index contributed by atoms with van der Waals surface area (Å²) in [5, 5.41) is 1.06. The Morgan fingerprint density at radius 1 is 1.10 bits per heavy atom. The molecule has 3 aromatic rings. The van der Waals surface area contributed by atoms with Crippen LogP contribution in [-0.4, -0.2) is 9.97 Å². The number of hydrogen-bond donors (Lipinski definition) is 2. The first-order chi connectivity index (χ1) is 9.66. The first kappa shape index (κ1) is 13.0. The molecule has 0 saturated carbocycles. The summed E-state index contributed by atoms with van der Waals surface area (Å²) < 4.78 is 0.868. The lowest BCUT2D eigenvalue weighted by Gasteiger charge is -2.15. The molecule has 4 nitrogen and oxygen atoms in total. The molecular formula is C15H13BrN4. The van der Waals surface area contributed by atoms with Gasteiger partial charge >= 0.3 is 0 Å². The minimum atomic E-state index is -0.414. The monoisotopic (exact) mass is 328 g/mol. The molecule has 0 aliphatic carbocycles. The second-order valence-electron chi connectivity index (χ2n) is 4.50. The molecule has 0 bridgehead atoms. The number of hydrogen-bond acceptors (Lipinski definition) is 4. The van der Waals surface area contributed by atoms with Crippen LogP contribution in [0.2, 0.25) is 0 Å². The molecule has 2 heterocycles. The summed E-state index contributed by atoms with van der Waals surface area (Å²) in [7, 11) is 0. The van der Waals surface area contributed by atoms with Crippen molar-refractivity contribution in [2.75, 3.05) is 5.73 Å². The number of anilines is 1. The molecule has 1 aromatic carbocycles. The Balaban J connectivity index is 2.14. The fraction of sp³-hybridized carbons (Fsp3) is 0.0667. The third-order valence-corrected chi connectivity index (χ3v) is 3.84. The Morgan fingerprint density at radius 3 is 2.70 bits per heavy atom. The summed E-state index contributed by atoms with van der Waals surface area (Å²) in [6.07, 6.45) is 1.65. The molecule has 0 aliphatic heterocycles. The van der Waals surface area contributed by atoms with Crippen molar-refractivity contribution in [1.29, 1.82) is 0 Å². The molecule has 4 N–H and O–H groups in total. The molecule has 0 spiro atoms. The van der Waals surface area contributed by atoms with Crippen LogP contribution in [0.1, 0.15) is 17.3 Å². The van der Waals surface area contributed by atoms with Crippen molar-refractivity contribution >= 4 is 32.7 Å². The normalized spacial score (nSPS) is 12.5. The molecule has 0 saturated heterocycles. The number of nitrogens with two attached hydrogens (primary N) is 2. The topological polar surface area (TPSA) is 77.8 Å². The van der Waals surface area contributed by atoms with E-state index in [2.05, 4.69) is 25.9 Å². The molecule has 0 fully saturated rings. The first-order valence-corrected chi connectivity index (χ1v) is 6.97. The van der Waals surface area contributed by atoms with E-state index >= 15 is 0 Å². The van der Waals surface area contributed by atoms with Crippen LogP contribution in [0.3, 0.4) is 0 Å². The fourth-order valence-corrected chi connectivity index (χ4v) is 2.75. The molecule has 0 aliphatic rings. The summed E-state index contributed by atoms with van der Waals surface area (Å²) in [6, 6.07) is 13.2. The third kappa shape index (κ3) is 2.26. The zero-order valence-corrected chi connectivity index (χ0v) is 12.2. The van der Waals surface area contributed by atoms with Crippen molar-refractivity contribution < 1.29 is 0 Å². The summed E-state index contributed by atoms with van der Waals surface area (Å²) >= 11 is 3.54. The average Bonchev–Trinajstić information content (AvgIpc) is 2.46. The van der Waals surface area contributed by atoms with E-state index in [1.165, 1.54) is 0 Å². The lowest BCUT2D eigenvalue weighted by molar-refractivity contribution is 0.827. The van der Waals surface area contributed by atoms with Crippen LogP contribution < -0.4 is 11.5 Å². The van der Waals surface area contributed by atoms with E-state index in [1.807, 2.05) is 42.5 Å². The van der Waals surface area contributed by atoms with Gasteiger partial charge in [-0.1, -0.05) is 24.3 Å². The second kappa shape index (κ2) is 5.19. The van der Waals surface area contributed by atoms with Crippen LogP contribution in [0.25, 0.3) is 10.9 Å². The minimum Gasteiger partial charge on any atom is -0.383 e. The Labute approximate surface area is 125 Å². The van der Waals surface area contributed by atoms with Crippen LogP contribution in [-0.2, 0) is 0 Å². The Hall–Kier alpha value is -1.98. The summed E-state index contributed by atoms with van der Waals surface area (Å²) in [6.45, 7) is 0. The largest absolute Gasteiger partial charge is 0.383 e. The number of aromatic nitrogens is 2. The van der Waals surface area contributed by atoms with Crippen molar-refractivity contribution in [2.24, 2.45) is 5.73 Å². The second-order valence-corrected chi connectivity index (χ2v) is 5.36. The molecule has 0 radical (unpaired) electrons. The number of fused-ring (bicyclic) bond motifs is 1. The summed E-state index contributed by atoms with van der Waals surface area (Å²) in [5.74, 6) is 0.432. The first-order valence-electron chi connectivity index (χ1n) is 6.18. The van der Waals surface area contributed by atoms with Gasteiger partial charge in [-0.05, 0) is 34.1 Å². The van der Waals surface area contributed by atoms with E-state index in [4.69, 9.17) is 11.5 Å². The van der Waals surface area contributed by atoms with E-state index < -0.39 is 6.04 Å². The molecule has 2 aromatic heterocycles. The number of para-hydroxylation sites is 1. The Kier molecular flexibility index (Phi) is 3.38. The van der Waals surface area contributed by atoms with Crippen molar-refractivity contribution in [3.05, 3.63) is 64.4 Å². The van der Waals surface area contributed by atoms with Crippen LogP contribution in [0.15, 0.2) is 53.1 Å². The molecule has 0 amide bonds. The predicted octanol–water partition coefficient (Wildman–Crippen LogP) is 3.02. The van der Waals surface area contributed by atoms with E-state index in [0.29, 0.717) is 5.82 Å². The molecule has 1 unspecified atom stereocenters. The van der Waals surface area contributed by atoms with Crippen molar-refractivity contribution in [1.82, 2.24) is 9.97 Å². The van der Waals surface area contributed by atoms with Crippen LogP contribution >= 0.6 is 15.9 Å². The zero-order valence-electron chi connectivity index (χ0n) is 10.6. The zero-order chi connectivity index (χ0) is 14.1. The highest BCUT2D eigenvalue weighted by atomic mass is 79.9. The van der Waals surface area contributed by atoms with Gasteiger partial charge in [-0.15, -0.1) is 0 Å². The molecule has 5 heteroatoms. The lowest BCUT2D eigenvalue weighted by Crippen LogP contribution is -2.16. The van der Waals surface area contributed by atoms with Gasteiger partial charge in [-0.3, -0.25) is 0 Å². The number of pyridine rings is 2. The van der Waals surface area contributed by atoms with Crippen molar-refractivity contribution in [2.45, 2.75) is 6.04 Å². The van der Waals surface area contributed by atoms with Crippen LogP contribution in [0.5, 0.6) is 0 Å². The highest BCUT2D eigenvalue weighted by molar-refractivity contribution is 9.10. The number of nitrogens with zero attached hydrogens (tertiary/aromatic N) is 2. The lowest BCUT2D eigenvalue weighted by atomic mass is 10.0. The molecule has 100 valence electrons. The summed E-state index contributed by atoms with van der Waals surface area (Å²) in [4.78, 5) is 8.71. The highest BCUT2D eigenvalue weighted by Gasteiger charge is 2.17. The third-order valence-electron chi connectivity index (χ3n) is 3.21. The fourth-order valence-electron chi connectivity index (χ4n) is 2.16. The predicted molar refractivity (Wildman–Crippen MR) is 84.1 cm³/mol. The van der Waals surface area contributed by atoms with Crippen LogP contribution in [0.4, 0.5) is 5.82 Å². The van der Waals surface area contributed by atoms with Gasteiger partial charge in [-0.25, -0.2) is 9.97 Å². The van der Waals surface area contributed by atoms with Gasteiger partial charge in [0, 0.05) is 21.6 Å². The standard InChI is InChI=1S/C15H13BrN4/c16-11-8-9-4-1-2-6-12(9)20-14(11)13(17)10-5-3-7-19-15(10)18/h1-8,13H,17H2,(H2,18,19). The summed E-state index contributed by atoms with van der Waals surface area (Å²) in [5.41, 5.74) is 14.6. The van der Waals surface area contributed by atoms with Gasteiger partial charge in [-0.2, -0.15) is 0 Å². The number of rotatable bonds is 2. The maximum Gasteiger partial charge on any atom is 0.128 e. The molecule has 3 rings (SSSR count). The number of halogens is 1. The number of benzene rings is 1. The van der Waals surface area contributed by atoms with Crippen molar-refractivity contribution in [3.63, 3.8) is 0 Å². The SMILES string of the molecule is Nc1ncccc1C(N)c1nc2ccccc2cc1Br. The Bertz CT molecular complexity index is 773. The van der Waals surface area contributed by atoms with Gasteiger partial charge in [0.15, 0.2) is 0 Å². The van der Waals surface area contributed by atoms with E-state index in [1.54, 1.807) is 6.20 Å². The minimum absolute atomic E-state index is 0.414. The van der Waals surface area contributed by atoms with E-state index in [0.717, 1.165) is 26.6 Å². The van der Waals surface area contributed by atoms with Gasteiger partial charge in [0.25, 0.3) is 0 Å². The smallest absolute Gasteiger partial charge is 0.128 e. The quantitative estimate of drug-likeness (QED) is 0.757. The van der Waals surface area contributed by atoms with Gasteiger partial charge < -0.3 is 11.5 Å². The van der Waals surface area contributed by atoms with E-state index in [9.17, 15) is 0 Å². The molecular weight excluding hydrogens is 316 g/mol. The number of nitrogen functional groups attached to an aromatic ring is 1. The van der Waals surface area contributed by atoms with Gasteiger partial charge in [0.05, 0.1) is 17.3 Å². The maximum absolute atomic E-state index is 6.30. The highest BCUT2D eigenvalue weighted by Crippen LogP contribution is 2.29.